The number of carbonyl (C=O) groups is 2. The molecule has 1 aliphatic rings. The standard InChI is InChI=1S/C10H18N2O3/c1-2-8(10(14)15)12-9(13)5-7-3-4-11-6-7/h7-8,11H,2-6H2,1H3,(H,12,13)(H,14,15)/t7?,8-/m0/s1. The number of aliphatic carboxylic acids is 1. The number of hydrogen-bond donors (Lipinski definition) is 3. The van der Waals surface area contributed by atoms with Gasteiger partial charge in [-0.2, -0.15) is 0 Å². The van der Waals surface area contributed by atoms with Crippen LogP contribution in [0.5, 0.6) is 0 Å². The fraction of sp³-hybridized carbons (Fsp3) is 0.800. The Morgan fingerprint density at radius 1 is 1.60 bits per heavy atom. The van der Waals surface area contributed by atoms with Crippen LogP contribution in [-0.2, 0) is 9.59 Å². The van der Waals surface area contributed by atoms with Crippen LogP contribution < -0.4 is 10.6 Å². The van der Waals surface area contributed by atoms with Crippen molar-refractivity contribution < 1.29 is 14.7 Å². The quantitative estimate of drug-likeness (QED) is 0.600. The Balaban J connectivity index is 2.30. The summed E-state index contributed by atoms with van der Waals surface area (Å²) >= 11 is 0. The van der Waals surface area contributed by atoms with Crippen molar-refractivity contribution in [2.24, 2.45) is 5.92 Å². The highest BCUT2D eigenvalue weighted by Gasteiger charge is 2.21. The van der Waals surface area contributed by atoms with E-state index in [2.05, 4.69) is 10.6 Å². The third-order valence-electron chi connectivity index (χ3n) is 2.68. The molecule has 1 rings (SSSR count). The summed E-state index contributed by atoms with van der Waals surface area (Å²) < 4.78 is 0. The maximum atomic E-state index is 11.5. The van der Waals surface area contributed by atoms with Crippen molar-refractivity contribution in [1.29, 1.82) is 0 Å². The van der Waals surface area contributed by atoms with Gasteiger partial charge in [-0.15, -0.1) is 0 Å². The summed E-state index contributed by atoms with van der Waals surface area (Å²) in [5.41, 5.74) is 0. The van der Waals surface area contributed by atoms with Crippen LogP contribution >= 0.6 is 0 Å². The van der Waals surface area contributed by atoms with Crippen molar-refractivity contribution in [3.63, 3.8) is 0 Å². The molecule has 0 radical (unpaired) electrons. The second-order valence-electron chi connectivity index (χ2n) is 3.93. The van der Waals surface area contributed by atoms with E-state index in [1.54, 1.807) is 6.92 Å². The van der Waals surface area contributed by atoms with E-state index < -0.39 is 12.0 Å². The highest BCUT2D eigenvalue weighted by atomic mass is 16.4. The molecular formula is C10H18N2O3. The average Bonchev–Trinajstić information content (AvgIpc) is 2.66. The monoisotopic (exact) mass is 214 g/mol. The van der Waals surface area contributed by atoms with Crippen molar-refractivity contribution in [1.82, 2.24) is 10.6 Å². The van der Waals surface area contributed by atoms with E-state index in [-0.39, 0.29) is 5.91 Å². The Morgan fingerprint density at radius 2 is 2.33 bits per heavy atom. The predicted octanol–water partition coefficient (Wildman–Crippen LogP) is -0.0346. The summed E-state index contributed by atoms with van der Waals surface area (Å²) in [6, 6.07) is -0.744. The number of nitrogens with one attached hydrogen (secondary N) is 2. The lowest BCUT2D eigenvalue weighted by atomic mass is 10.0. The average molecular weight is 214 g/mol. The van der Waals surface area contributed by atoms with E-state index >= 15 is 0 Å². The Morgan fingerprint density at radius 3 is 2.80 bits per heavy atom. The van der Waals surface area contributed by atoms with Gasteiger partial charge in [0.05, 0.1) is 0 Å². The first kappa shape index (κ1) is 12.0. The summed E-state index contributed by atoms with van der Waals surface area (Å²) in [5.74, 6) is -0.760. The molecule has 86 valence electrons. The highest BCUT2D eigenvalue weighted by Crippen LogP contribution is 2.11. The lowest BCUT2D eigenvalue weighted by Crippen LogP contribution is -2.40. The molecule has 1 fully saturated rings. The van der Waals surface area contributed by atoms with Crippen LogP contribution in [0.25, 0.3) is 0 Å². The molecule has 5 heteroatoms. The summed E-state index contributed by atoms with van der Waals surface area (Å²) in [6.07, 6.45) is 1.85. The van der Waals surface area contributed by atoms with Gasteiger partial charge in [-0.3, -0.25) is 4.79 Å². The fourth-order valence-electron chi connectivity index (χ4n) is 1.74. The van der Waals surface area contributed by atoms with Gasteiger partial charge in [0, 0.05) is 6.42 Å². The second-order valence-corrected chi connectivity index (χ2v) is 3.93. The molecule has 1 unspecified atom stereocenters. The largest absolute Gasteiger partial charge is 0.480 e. The maximum Gasteiger partial charge on any atom is 0.326 e. The van der Waals surface area contributed by atoms with Gasteiger partial charge >= 0.3 is 5.97 Å². The molecule has 1 saturated heterocycles. The molecule has 0 saturated carbocycles. The first-order valence-corrected chi connectivity index (χ1v) is 5.36. The van der Waals surface area contributed by atoms with E-state index in [0.717, 1.165) is 19.5 Å². The molecule has 0 aromatic heterocycles. The molecule has 3 N–H and O–H groups in total. The molecule has 0 bridgehead atoms. The predicted molar refractivity (Wildman–Crippen MR) is 55.5 cm³/mol. The van der Waals surface area contributed by atoms with Gasteiger partial charge in [-0.1, -0.05) is 6.92 Å². The molecule has 0 aromatic carbocycles. The molecular weight excluding hydrogens is 196 g/mol. The third kappa shape index (κ3) is 3.87. The molecule has 15 heavy (non-hydrogen) atoms. The zero-order valence-electron chi connectivity index (χ0n) is 8.95. The number of amides is 1. The molecule has 1 heterocycles. The molecule has 2 atom stereocenters. The Hall–Kier alpha value is -1.10. The molecule has 0 spiro atoms. The van der Waals surface area contributed by atoms with Gasteiger partial charge in [0.2, 0.25) is 5.91 Å². The van der Waals surface area contributed by atoms with Gasteiger partial charge in [0.25, 0.3) is 0 Å². The van der Waals surface area contributed by atoms with Gasteiger partial charge in [-0.25, -0.2) is 4.79 Å². The minimum atomic E-state index is -0.963. The highest BCUT2D eigenvalue weighted by molar-refractivity contribution is 5.83. The first-order valence-electron chi connectivity index (χ1n) is 5.36. The number of carboxylic acids is 1. The van der Waals surface area contributed by atoms with E-state index in [1.807, 2.05) is 0 Å². The number of hydrogen-bond acceptors (Lipinski definition) is 3. The van der Waals surface area contributed by atoms with Crippen molar-refractivity contribution in [2.45, 2.75) is 32.2 Å². The summed E-state index contributed by atoms with van der Waals surface area (Å²) in [4.78, 5) is 22.1. The lowest BCUT2D eigenvalue weighted by molar-refractivity contribution is -0.142. The normalized spacial score (nSPS) is 22.3. The molecule has 5 nitrogen and oxygen atoms in total. The molecule has 1 aliphatic heterocycles. The third-order valence-corrected chi connectivity index (χ3v) is 2.68. The van der Waals surface area contributed by atoms with Crippen LogP contribution in [-0.4, -0.2) is 36.1 Å². The van der Waals surface area contributed by atoms with Crippen LogP contribution in [0, 0.1) is 5.92 Å². The Labute approximate surface area is 89.2 Å². The minimum Gasteiger partial charge on any atom is -0.480 e. The Bertz CT molecular complexity index is 237. The van der Waals surface area contributed by atoms with Crippen LogP contribution in [0.2, 0.25) is 0 Å². The van der Waals surface area contributed by atoms with Crippen LogP contribution in [0.3, 0.4) is 0 Å². The van der Waals surface area contributed by atoms with Crippen LogP contribution in [0.1, 0.15) is 26.2 Å². The van der Waals surface area contributed by atoms with Crippen LogP contribution in [0.15, 0.2) is 0 Å². The topological polar surface area (TPSA) is 78.4 Å². The molecule has 0 aliphatic carbocycles. The minimum absolute atomic E-state index is 0.155. The van der Waals surface area contributed by atoms with E-state index in [1.165, 1.54) is 0 Å². The number of carboxylic acid groups (broad SMARTS) is 1. The molecule has 1 amide bonds. The summed E-state index contributed by atoms with van der Waals surface area (Å²) in [5, 5.41) is 14.5. The van der Waals surface area contributed by atoms with Gasteiger partial charge in [0.1, 0.15) is 6.04 Å². The van der Waals surface area contributed by atoms with Crippen molar-refractivity contribution >= 4 is 11.9 Å². The number of carbonyl (C=O) groups excluding carboxylic acids is 1. The smallest absolute Gasteiger partial charge is 0.326 e. The maximum absolute atomic E-state index is 11.5. The van der Waals surface area contributed by atoms with Gasteiger partial charge in [-0.05, 0) is 31.8 Å². The van der Waals surface area contributed by atoms with Crippen molar-refractivity contribution in [3.8, 4) is 0 Å². The van der Waals surface area contributed by atoms with Crippen molar-refractivity contribution in [3.05, 3.63) is 0 Å². The van der Waals surface area contributed by atoms with Gasteiger partial charge in [0.15, 0.2) is 0 Å². The van der Waals surface area contributed by atoms with Gasteiger partial charge < -0.3 is 15.7 Å². The zero-order chi connectivity index (χ0) is 11.3. The SMILES string of the molecule is CC[C@H](NC(=O)CC1CCNC1)C(=O)O. The Kier molecular flexibility index (Phi) is 4.55. The second kappa shape index (κ2) is 5.70. The fourth-order valence-corrected chi connectivity index (χ4v) is 1.74. The summed E-state index contributed by atoms with van der Waals surface area (Å²) in [7, 11) is 0. The number of rotatable bonds is 5. The van der Waals surface area contributed by atoms with Crippen molar-refractivity contribution in [2.75, 3.05) is 13.1 Å². The molecule has 0 aromatic rings. The first-order chi connectivity index (χ1) is 7.13. The van der Waals surface area contributed by atoms with E-state index in [0.29, 0.717) is 18.8 Å². The van der Waals surface area contributed by atoms with E-state index in [9.17, 15) is 9.59 Å². The zero-order valence-corrected chi connectivity index (χ0v) is 8.95. The lowest BCUT2D eigenvalue weighted by Gasteiger charge is -2.14. The van der Waals surface area contributed by atoms with E-state index in [4.69, 9.17) is 5.11 Å². The van der Waals surface area contributed by atoms with Crippen LogP contribution in [0.4, 0.5) is 0 Å². The summed E-state index contributed by atoms with van der Waals surface area (Å²) in [6.45, 7) is 3.56.